The lowest BCUT2D eigenvalue weighted by atomic mass is 9.94. The van der Waals surface area contributed by atoms with Gasteiger partial charge in [0.25, 0.3) is 0 Å². The number of benzene rings is 7. The van der Waals surface area contributed by atoms with Gasteiger partial charge in [-0.25, -0.2) is 8.78 Å². The summed E-state index contributed by atoms with van der Waals surface area (Å²) in [6.45, 7) is 4.96. The average molecular weight is 717 g/mol. The molecule has 0 radical (unpaired) electrons. The fourth-order valence-corrected chi connectivity index (χ4v) is 7.21. The summed E-state index contributed by atoms with van der Waals surface area (Å²) >= 11 is 1.03. The fourth-order valence-electron chi connectivity index (χ4n) is 6.64. The Morgan fingerprint density at radius 3 is 1.51 bits per heavy atom. The van der Waals surface area contributed by atoms with Crippen LogP contribution in [0, 0.1) is 23.5 Å². The molecule has 0 saturated heterocycles. The van der Waals surface area contributed by atoms with Crippen molar-refractivity contribution in [2.24, 2.45) is 0 Å². The van der Waals surface area contributed by atoms with E-state index >= 15 is 8.78 Å². The van der Waals surface area contributed by atoms with Crippen molar-refractivity contribution in [3.63, 3.8) is 0 Å². The number of nitrogens with zero attached hydrogens (tertiary/aromatic N) is 2. The number of aromatic nitrogens is 2. The molecular formula is C46H34F2N2O2S. The van der Waals surface area contributed by atoms with E-state index in [1.165, 1.54) is 0 Å². The molecule has 0 fully saturated rings. The minimum Gasteiger partial charge on any atom is -0.494 e. The number of ether oxygens (including phenoxy) is 2. The van der Waals surface area contributed by atoms with E-state index in [0.29, 0.717) is 46.5 Å². The summed E-state index contributed by atoms with van der Waals surface area (Å²) in [5.74, 6) is 6.58. The first-order chi connectivity index (χ1) is 26.0. The van der Waals surface area contributed by atoms with Crippen LogP contribution in [0.15, 0.2) is 121 Å². The van der Waals surface area contributed by atoms with E-state index in [2.05, 4.69) is 33.6 Å². The molecule has 0 amide bonds. The van der Waals surface area contributed by atoms with Gasteiger partial charge >= 0.3 is 0 Å². The monoisotopic (exact) mass is 716 g/mol. The van der Waals surface area contributed by atoms with Crippen molar-refractivity contribution in [3.8, 4) is 67.8 Å². The highest BCUT2D eigenvalue weighted by Gasteiger charge is 2.19. The summed E-state index contributed by atoms with van der Waals surface area (Å²) < 4.78 is 52.4. The molecule has 7 aromatic carbocycles. The maximum absolute atomic E-state index is 15.9. The highest BCUT2D eigenvalue weighted by molar-refractivity contribution is 7.00. The molecule has 8 aromatic rings. The van der Waals surface area contributed by atoms with Crippen molar-refractivity contribution in [2.75, 3.05) is 13.2 Å². The lowest BCUT2D eigenvalue weighted by Crippen LogP contribution is -1.96. The van der Waals surface area contributed by atoms with Crippen LogP contribution < -0.4 is 9.47 Å². The van der Waals surface area contributed by atoms with Gasteiger partial charge in [0.15, 0.2) is 0 Å². The minimum absolute atomic E-state index is 0.339. The highest BCUT2D eigenvalue weighted by Crippen LogP contribution is 2.39. The molecule has 4 nitrogen and oxygen atoms in total. The van der Waals surface area contributed by atoms with Gasteiger partial charge < -0.3 is 9.47 Å². The topological polar surface area (TPSA) is 44.2 Å². The van der Waals surface area contributed by atoms with Gasteiger partial charge in [-0.1, -0.05) is 92.1 Å². The predicted octanol–water partition coefficient (Wildman–Crippen LogP) is 12.5. The molecule has 0 aliphatic carbocycles. The normalized spacial score (nSPS) is 11.2. The molecular weight excluding hydrogens is 683 g/mol. The van der Waals surface area contributed by atoms with E-state index in [1.807, 2.05) is 78.9 Å². The van der Waals surface area contributed by atoms with Gasteiger partial charge in [0.1, 0.15) is 40.8 Å². The van der Waals surface area contributed by atoms with Crippen LogP contribution in [0.3, 0.4) is 0 Å². The van der Waals surface area contributed by atoms with Crippen molar-refractivity contribution in [3.05, 3.63) is 133 Å². The van der Waals surface area contributed by atoms with E-state index in [-0.39, 0.29) is 11.6 Å². The molecule has 0 spiro atoms. The lowest BCUT2D eigenvalue weighted by Gasteiger charge is -2.12. The molecule has 0 N–H and O–H groups in total. The van der Waals surface area contributed by atoms with E-state index in [9.17, 15) is 0 Å². The smallest absolute Gasteiger partial charge is 0.149 e. The molecule has 8 rings (SSSR count). The number of fused-ring (bicyclic) bond motifs is 3. The number of halogens is 2. The van der Waals surface area contributed by atoms with E-state index in [1.54, 1.807) is 43.3 Å². The average Bonchev–Trinajstić information content (AvgIpc) is 3.68. The minimum atomic E-state index is -0.378. The van der Waals surface area contributed by atoms with Crippen LogP contribution in [0.5, 0.6) is 11.5 Å². The molecule has 1 heterocycles. The molecule has 0 atom stereocenters. The van der Waals surface area contributed by atoms with Gasteiger partial charge in [0, 0.05) is 22.3 Å². The maximum atomic E-state index is 15.9. The quantitative estimate of drug-likeness (QED) is 0.104. The van der Waals surface area contributed by atoms with Crippen LogP contribution in [-0.4, -0.2) is 22.0 Å². The van der Waals surface area contributed by atoms with Crippen LogP contribution >= 0.6 is 11.7 Å². The second-order valence-corrected chi connectivity index (χ2v) is 13.4. The SMILES string of the molecule is CC#CCOc1ccc2cc(-c3ccc(-c4ccc(-c5ccc(-c6ccc7cc(OCCCC)ccc7c6)cc5F)c5nsnc45)c(F)c3)ccc2c1. The molecule has 7 heteroatoms. The molecule has 0 aliphatic heterocycles. The third-order valence-corrected chi connectivity index (χ3v) is 10.0. The molecule has 53 heavy (non-hydrogen) atoms. The molecule has 0 saturated carbocycles. The molecule has 1 aromatic heterocycles. The van der Waals surface area contributed by atoms with Crippen molar-refractivity contribution in [1.29, 1.82) is 0 Å². The van der Waals surface area contributed by atoms with Gasteiger partial charge in [-0.3, -0.25) is 0 Å². The van der Waals surface area contributed by atoms with Crippen molar-refractivity contribution < 1.29 is 18.3 Å². The van der Waals surface area contributed by atoms with E-state index < -0.39 is 0 Å². The maximum Gasteiger partial charge on any atom is 0.149 e. The lowest BCUT2D eigenvalue weighted by molar-refractivity contribution is 0.310. The van der Waals surface area contributed by atoms with E-state index in [0.717, 1.165) is 79.9 Å². The zero-order valence-corrected chi connectivity index (χ0v) is 30.1. The first kappa shape index (κ1) is 34.0. The number of hydrogen-bond acceptors (Lipinski definition) is 5. The summed E-state index contributed by atoms with van der Waals surface area (Å²) in [5.41, 5.74) is 6.43. The third kappa shape index (κ3) is 6.94. The number of unbranched alkanes of at least 4 members (excludes halogenated alkanes) is 1. The summed E-state index contributed by atoms with van der Waals surface area (Å²) in [6, 6.07) is 38.1. The summed E-state index contributed by atoms with van der Waals surface area (Å²) in [6.07, 6.45) is 2.10. The number of rotatable bonds is 10. The Labute approximate surface area is 311 Å². The Morgan fingerprint density at radius 1 is 0.547 bits per heavy atom. The zero-order valence-electron chi connectivity index (χ0n) is 29.3. The molecule has 0 bridgehead atoms. The standard InChI is InChI=1S/C46H34F2N2O2S/c1-3-5-21-51-37-15-11-31-23-29(7-9-33(31)25-37)35-13-17-39(43(47)27-35)41-19-20-42(46-45(41)49-53-50-46)40-18-14-36(28-44(40)48)30-8-10-34-26-38(52-22-6-4-2)16-12-32(34)24-30/h7-20,23-28H,3,5,21-22H2,1-2H3. The molecule has 260 valence electrons. The first-order valence-corrected chi connectivity index (χ1v) is 18.3. The van der Waals surface area contributed by atoms with Crippen molar-refractivity contribution >= 4 is 44.3 Å². The van der Waals surface area contributed by atoms with Crippen LogP contribution in [0.4, 0.5) is 8.78 Å². The third-order valence-electron chi connectivity index (χ3n) is 9.48. The van der Waals surface area contributed by atoms with Gasteiger partial charge in [-0.2, -0.15) is 8.75 Å². The van der Waals surface area contributed by atoms with Gasteiger partial charge in [-0.15, -0.1) is 5.92 Å². The zero-order chi connectivity index (χ0) is 36.3. The van der Waals surface area contributed by atoms with Gasteiger partial charge in [-0.05, 0) is 106 Å². The molecule has 0 unspecified atom stereocenters. The second kappa shape index (κ2) is 14.9. The summed E-state index contributed by atoms with van der Waals surface area (Å²) in [7, 11) is 0. The molecule has 0 aliphatic rings. The van der Waals surface area contributed by atoms with Crippen molar-refractivity contribution in [2.45, 2.75) is 26.7 Å². The Balaban J connectivity index is 1.05. The van der Waals surface area contributed by atoms with Gasteiger partial charge in [0.05, 0.1) is 18.3 Å². The Kier molecular flexibility index (Phi) is 9.54. The van der Waals surface area contributed by atoms with Crippen LogP contribution in [0.2, 0.25) is 0 Å². The van der Waals surface area contributed by atoms with Crippen LogP contribution in [0.25, 0.3) is 77.1 Å². The Hall–Kier alpha value is -6.10. The van der Waals surface area contributed by atoms with E-state index in [4.69, 9.17) is 9.47 Å². The Bertz CT molecular complexity index is 2710. The second-order valence-electron chi connectivity index (χ2n) is 12.9. The number of hydrogen-bond donors (Lipinski definition) is 0. The fraction of sp³-hybridized carbons (Fsp3) is 0.130. The summed E-state index contributed by atoms with van der Waals surface area (Å²) in [5, 5.41) is 4.16. The Morgan fingerprint density at radius 2 is 1.00 bits per heavy atom. The highest BCUT2D eigenvalue weighted by atomic mass is 32.1. The van der Waals surface area contributed by atoms with Gasteiger partial charge in [0.2, 0.25) is 0 Å². The van der Waals surface area contributed by atoms with Crippen LogP contribution in [0.1, 0.15) is 26.7 Å². The first-order valence-electron chi connectivity index (χ1n) is 17.6. The predicted molar refractivity (Wildman–Crippen MR) is 213 cm³/mol. The van der Waals surface area contributed by atoms with Crippen molar-refractivity contribution in [1.82, 2.24) is 8.75 Å². The largest absolute Gasteiger partial charge is 0.494 e. The summed E-state index contributed by atoms with van der Waals surface area (Å²) in [4.78, 5) is 0. The van der Waals surface area contributed by atoms with Crippen LogP contribution in [-0.2, 0) is 0 Å².